The number of hydrogen-bond acceptors (Lipinski definition) is 1. The Bertz CT molecular complexity index is 34.8. The third-order valence-corrected chi connectivity index (χ3v) is 0.192. The van der Waals surface area contributed by atoms with Crippen LogP contribution in [0.1, 0.15) is 0 Å². The van der Waals surface area contributed by atoms with Crippen LogP contribution in [-0.4, -0.2) is 0 Å². The van der Waals surface area contributed by atoms with Crippen LogP contribution in [-0.2, 0) is 10.2 Å². The minimum absolute atomic E-state index is 0. The van der Waals surface area contributed by atoms with Crippen molar-refractivity contribution in [3.8, 4) is 0 Å². The average molecular weight is 86.1 g/mol. The summed E-state index contributed by atoms with van der Waals surface area (Å²) in [6.07, 6.45) is 2.62. The summed E-state index contributed by atoms with van der Waals surface area (Å²) in [5.41, 5.74) is 0. The second-order valence-corrected chi connectivity index (χ2v) is 0.469. The molecule has 0 aromatic carbocycles. The Morgan fingerprint density at radius 1 is 1.17 bits per heavy atom. The average Bonchev–Trinajstić information content (AvgIpc) is 1.41. The smallest absolute Gasteiger partial charge is 0.0829 e. The van der Waals surface area contributed by atoms with Crippen LogP contribution in [0.15, 0.2) is 25.7 Å². The summed E-state index contributed by atoms with van der Waals surface area (Å²) >= 11 is 0. The Morgan fingerprint density at radius 2 is 1.50 bits per heavy atom. The van der Waals surface area contributed by atoms with Gasteiger partial charge in [-0.05, 0) is 0 Å². The van der Waals surface area contributed by atoms with Gasteiger partial charge < -0.3 is 4.74 Å². The van der Waals surface area contributed by atoms with Gasteiger partial charge in [-0.15, -0.1) is 0 Å². The molecule has 0 aliphatic heterocycles. The van der Waals surface area contributed by atoms with Gasteiger partial charge in [0.05, 0.1) is 12.5 Å². The van der Waals surface area contributed by atoms with Crippen LogP contribution in [0.2, 0.25) is 0 Å². The van der Waals surface area contributed by atoms with Crippen LogP contribution in [0.4, 0.5) is 0 Å². The van der Waals surface area contributed by atoms with Gasteiger partial charge in [-0.25, -0.2) is 0 Å². The topological polar surface area (TPSA) is 37.7 Å². The van der Waals surface area contributed by atoms with Gasteiger partial charge in [0.1, 0.15) is 0 Å². The van der Waals surface area contributed by atoms with Gasteiger partial charge in [0.15, 0.2) is 0 Å². The summed E-state index contributed by atoms with van der Waals surface area (Å²) in [6.45, 7) is 6.51. The molecule has 2 heteroatoms. The standard InChI is InChI=1S/C4H6O.O/c1-3-5-4-2;/h3-4H,1-2H2;. The molecule has 0 atom stereocenters. The van der Waals surface area contributed by atoms with E-state index in [1.54, 1.807) is 0 Å². The van der Waals surface area contributed by atoms with E-state index in [0.29, 0.717) is 0 Å². The molecule has 0 amide bonds. The minimum Gasteiger partial charge on any atom is -0.474 e. The Balaban J connectivity index is 0. The third kappa shape index (κ3) is 10.6. The molecule has 0 unspecified atom stereocenters. The lowest BCUT2D eigenvalue weighted by Gasteiger charge is -1.76. The van der Waals surface area contributed by atoms with Crippen molar-refractivity contribution in [2.45, 2.75) is 0 Å². The molecule has 0 aliphatic rings. The van der Waals surface area contributed by atoms with Crippen LogP contribution in [0, 0.1) is 0 Å². The van der Waals surface area contributed by atoms with Crippen molar-refractivity contribution in [1.29, 1.82) is 0 Å². The van der Waals surface area contributed by atoms with Crippen molar-refractivity contribution in [1.82, 2.24) is 0 Å². The third-order valence-electron chi connectivity index (χ3n) is 0.192. The summed E-state index contributed by atoms with van der Waals surface area (Å²) < 4.78 is 4.36. The van der Waals surface area contributed by atoms with E-state index in [2.05, 4.69) is 17.9 Å². The fourth-order valence-corrected chi connectivity index (χ4v) is 0.0680. The normalized spacial score (nSPS) is 4.67. The maximum Gasteiger partial charge on any atom is 0.0829 e. The summed E-state index contributed by atoms with van der Waals surface area (Å²) in [5.74, 6) is 0. The Morgan fingerprint density at radius 3 is 1.50 bits per heavy atom. The lowest BCUT2D eigenvalue weighted by molar-refractivity contribution is 0.406. The van der Waals surface area contributed by atoms with E-state index in [9.17, 15) is 0 Å². The molecule has 0 bridgehead atoms. The summed E-state index contributed by atoms with van der Waals surface area (Å²) in [7, 11) is 0. The van der Waals surface area contributed by atoms with E-state index in [1.807, 2.05) is 0 Å². The number of hydrogen-bond donors (Lipinski definition) is 0. The first kappa shape index (κ1) is 8.97. The second kappa shape index (κ2) is 8.87. The predicted octanol–water partition coefficient (Wildman–Crippen LogP) is 1.17. The molecular weight excluding hydrogens is 80.0 g/mol. The Labute approximate surface area is 37.0 Å². The monoisotopic (exact) mass is 86.0 g/mol. The maximum atomic E-state index is 4.36. The highest BCUT2D eigenvalue weighted by atomic mass is 16.5. The molecule has 0 N–H and O–H groups in total. The van der Waals surface area contributed by atoms with Crippen LogP contribution < -0.4 is 0 Å². The molecule has 0 spiro atoms. The minimum atomic E-state index is 0. The van der Waals surface area contributed by atoms with E-state index < -0.39 is 0 Å². The van der Waals surface area contributed by atoms with Crippen molar-refractivity contribution < 1.29 is 10.2 Å². The van der Waals surface area contributed by atoms with E-state index in [0.717, 1.165) is 0 Å². The fraction of sp³-hybridized carbons (Fsp3) is 0. The molecule has 0 saturated heterocycles. The number of ether oxygens (including phenoxy) is 1. The Kier molecular flexibility index (Phi) is 13.3. The molecule has 0 saturated carbocycles. The quantitative estimate of drug-likeness (QED) is 0.465. The van der Waals surface area contributed by atoms with E-state index in [-0.39, 0.29) is 5.48 Å². The first-order chi connectivity index (χ1) is 2.41. The molecule has 0 rings (SSSR count). The largest absolute Gasteiger partial charge is 0.474 e. The molecule has 0 heterocycles. The van der Waals surface area contributed by atoms with Gasteiger partial charge in [0, 0.05) is 5.48 Å². The zero-order chi connectivity index (χ0) is 4.12. The summed E-state index contributed by atoms with van der Waals surface area (Å²) in [4.78, 5) is 0. The van der Waals surface area contributed by atoms with Gasteiger partial charge in [0.25, 0.3) is 0 Å². The number of rotatable bonds is 2. The van der Waals surface area contributed by atoms with Crippen molar-refractivity contribution in [2.24, 2.45) is 0 Å². The molecule has 34 valence electrons. The molecule has 0 aliphatic carbocycles. The first-order valence-corrected chi connectivity index (χ1v) is 1.29. The Hall–Kier alpha value is -0.760. The highest BCUT2D eigenvalue weighted by Crippen LogP contribution is 1.65. The van der Waals surface area contributed by atoms with Gasteiger partial charge in [-0.1, -0.05) is 13.2 Å². The lowest BCUT2D eigenvalue weighted by Crippen LogP contribution is -1.52. The zero-order valence-electron chi connectivity index (χ0n) is 3.39. The zero-order valence-corrected chi connectivity index (χ0v) is 3.39. The van der Waals surface area contributed by atoms with Gasteiger partial charge >= 0.3 is 0 Å². The van der Waals surface area contributed by atoms with Gasteiger partial charge in [-0.3, -0.25) is 0 Å². The van der Waals surface area contributed by atoms with E-state index >= 15 is 0 Å². The van der Waals surface area contributed by atoms with Crippen LogP contribution in [0.3, 0.4) is 0 Å². The van der Waals surface area contributed by atoms with Crippen molar-refractivity contribution in [3.05, 3.63) is 25.7 Å². The van der Waals surface area contributed by atoms with E-state index in [4.69, 9.17) is 0 Å². The van der Waals surface area contributed by atoms with Crippen LogP contribution in [0.25, 0.3) is 0 Å². The van der Waals surface area contributed by atoms with Crippen molar-refractivity contribution in [2.75, 3.05) is 0 Å². The van der Waals surface area contributed by atoms with Crippen molar-refractivity contribution >= 4 is 0 Å². The molecule has 2 radical (unpaired) electrons. The second-order valence-electron chi connectivity index (χ2n) is 0.469. The maximum absolute atomic E-state index is 4.36. The highest BCUT2D eigenvalue weighted by Gasteiger charge is 1.45. The molecule has 2 nitrogen and oxygen atoms in total. The fourth-order valence-electron chi connectivity index (χ4n) is 0.0680. The van der Waals surface area contributed by atoms with Crippen LogP contribution >= 0.6 is 0 Å². The summed E-state index contributed by atoms with van der Waals surface area (Å²) in [5, 5.41) is 0. The lowest BCUT2D eigenvalue weighted by atomic mass is 11.1. The van der Waals surface area contributed by atoms with Gasteiger partial charge in [0.2, 0.25) is 0 Å². The SMILES string of the molecule is C=COC=C.[O]. The summed E-state index contributed by atoms with van der Waals surface area (Å²) in [6, 6.07) is 0. The van der Waals surface area contributed by atoms with Crippen LogP contribution in [0.5, 0.6) is 0 Å². The van der Waals surface area contributed by atoms with Crippen molar-refractivity contribution in [3.63, 3.8) is 0 Å². The molecule has 0 fully saturated rings. The predicted molar refractivity (Wildman–Crippen MR) is 22.2 cm³/mol. The molecular formula is C4H6O2. The highest BCUT2D eigenvalue weighted by molar-refractivity contribution is 4.57. The van der Waals surface area contributed by atoms with Gasteiger partial charge in [-0.2, -0.15) is 0 Å². The molecule has 0 aromatic heterocycles. The molecule has 6 heavy (non-hydrogen) atoms. The van der Waals surface area contributed by atoms with E-state index in [1.165, 1.54) is 12.5 Å². The molecule has 0 aromatic rings. The first-order valence-electron chi connectivity index (χ1n) is 1.29.